The van der Waals surface area contributed by atoms with Gasteiger partial charge in [-0.25, -0.2) is 0 Å². The van der Waals surface area contributed by atoms with E-state index in [2.05, 4.69) is 18.2 Å². The molecule has 0 radical (unpaired) electrons. The van der Waals surface area contributed by atoms with Crippen molar-refractivity contribution in [1.82, 2.24) is 4.90 Å². The van der Waals surface area contributed by atoms with E-state index in [1.54, 1.807) is 13.2 Å². The molecule has 0 aliphatic heterocycles. The smallest absolute Gasteiger partial charge is 0.219 e. The van der Waals surface area contributed by atoms with Crippen LogP contribution in [0, 0.1) is 0 Å². The highest BCUT2D eigenvalue weighted by Gasteiger charge is 2.43. The molecular formula is C14H15NO2. The van der Waals surface area contributed by atoms with Gasteiger partial charge in [-0.15, -0.1) is 0 Å². The summed E-state index contributed by atoms with van der Waals surface area (Å²) < 4.78 is 5.54. The van der Waals surface area contributed by atoms with E-state index in [4.69, 9.17) is 4.42 Å². The molecule has 3 heteroatoms. The monoisotopic (exact) mass is 229 g/mol. The predicted molar refractivity (Wildman–Crippen MR) is 65.8 cm³/mol. The Bertz CT molecular complexity index is 572. The van der Waals surface area contributed by atoms with E-state index in [9.17, 15) is 4.79 Å². The first-order valence-corrected chi connectivity index (χ1v) is 5.88. The van der Waals surface area contributed by atoms with Gasteiger partial charge in [-0.3, -0.25) is 4.79 Å². The van der Waals surface area contributed by atoms with Crippen LogP contribution in [0.4, 0.5) is 0 Å². The Morgan fingerprint density at radius 2 is 2.24 bits per heavy atom. The van der Waals surface area contributed by atoms with Crippen LogP contribution >= 0.6 is 0 Å². The minimum atomic E-state index is 0.129. The zero-order chi connectivity index (χ0) is 12.0. The average molecular weight is 229 g/mol. The number of carbonyl (C=O) groups is 1. The zero-order valence-corrected chi connectivity index (χ0v) is 10.0. The van der Waals surface area contributed by atoms with Crippen molar-refractivity contribution in [3.05, 3.63) is 36.1 Å². The van der Waals surface area contributed by atoms with Gasteiger partial charge in [0.05, 0.1) is 6.26 Å². The first kappa shape index (κ1) is 10.4. The van der Waals surface area contributed by atoms with E-state index in [0.29, 0.717) is 12.0 Å². The van der Waals surface area contributed by atoms with Crippen molar-refractivity contribution in [3.63, 3.8) is 0 Å². The number of rotatable bonds is 2. The van der Waals surface area contributed by atoms with Crippen molar-refractivity contribution < 1.29 is 9.21 Å². The SMILES string of the molecule is CC(=O)N(C)C1CC1c1cccc2ccoc12. The molecule has 1 aliphatic carbocycles. The first-order valence-electron chi connectivity index (χ1n) is 5.88. The molecule has 17 heavy (non-hydrogen) atoms. The van der Waals surface area contributed by atoms with Gasteiger partial charge in [0.1, 0.15) is 5.58 Å². The number of para-hydroxylation sites is 1. The third-order valence-corrected chi connectivity index (χ3v) is 3.66. The maximum Gasteiger partial charge on any atom is 0.219 e. The van der Waals surface area contributed by atoms with Gasteiger partial charge >= 0.3 is 0 Å². The van der Waals surface area contributed by atoms with Crippen molar-refractivity contribution in [2.24, 2.45) is 0 Å². The summed E-state index contributed by atoms with van der Waals surface area (Å²) in [5.74, 6) is 0.558. The number of carbonyl (C=O) groups excluding carboxylic acids is 1. The quantitative estimate of drug-likeness (QED) is 0.793. The van der Waals surface area contributed by atoms with Crippen LogP contribution in [0.15, 0.2) is 34.9 Å². The lowest BCUT2D eigenvalue weighted by atomic mass is 10.1. The molecule has 2 atom stereocenters. The number of amides is 1. The molecule has 3 rings (SSSR count). The molecule has 2 aromatic rings. The second-order valence-corrected chi connectivity index (χ2v) is 4.73. The molecule has 1 aromatic carbocycles. The molecule has 0 bridgehead atoms. The molecule has 1 heterocycles. The Labute approximate surface area is 100 Å². The van der Waals surface area contributed by atoms with Crippen LogP contribution < -0.4 is 0 Å². The number of benzene rings is 1. The summed E-state index contributed by atoms with van der Waals surface area (Å²) >= 11 is 0. The summed E-state index contributed by atoms with van der Waals surface area (Å²) in [7, 11) is 1.87. The van der Waals surface area contributed by atoms with E-state index in [1.807, 2.05) is 18.0 Å². The van der Waals surface area contributed by atoms with Crippen LogP contribution in [0.2, 0.25) is 0 Å². The van der Waals surface area contributed by atoms with Crippen molar-refractivity contribution in [3.8, 4) is 0 Å². The number of nitrogens with zero attached hydrogens (tertiary/aromatic N) is 1. The van der Waals surface area contributed by atoms with Crippen LogP contribution in [-0.2, 0) is 4.79 Å². The first-order chi connectivity index (χ1) is 8.18. The molecule has 1 fully saturated rings. The molecule has 0 saturated heterocycles. The Morgan fingerprint density at radius 1 is 1.41 bits per heavy atom. The predicted octanol–water partition coefficient (Wildman–Crippen LogP) is 2.77. The Morgan fingerprint density at radius 3 is 3.00 bits per heavy atom. The van der Waals surface area contributed by atoms with Gasteiger partial charge in [-0.1, -0.05) is 18.2 Å². The molecular weight excluding hydrogens is 214 g/mol. The summed E-state index contributed by atoms with van der Waals surface area (Å²) in [4.78, 5) is 13.1. The fraction of sp³-hybridized carbons (Fsp3) is 0.357. The molecule has 0 spiro atoms. The van der Waals surface area contributed by atoms with E-state index >= 15 is 0 Å². The van der Waals surface area contributed by atoms with Crippen molar-refractivity contribution in [1.29, 1.82) is 0 Å². The molecule has 1 aromatic heterocycles. The summed E-state index contributed by atoms with van der Waals surface area (Å²) in [5, 5.41) is 1.14. The van der Waals surface area contributed by atoms with Crippen LogP contribution in [0.25, 0.3) is 11.0 Å². The van der Waals surface area contributed by atoms with Gasteiger partial charge in [0.15, 0.2) is 0 Å². The lowest BCUT2D eigenvalue weighted by Gasteiger charge is -2.14. The molecule has 3 nitrogen and oxygen atoms in total. The lowest BCUT2D eigenvalue weighted by Crippen LogP contribution is -2.27. The maximum absolute atomic E-state index is 11.3. The number of hydrogen-bond acceptors (Lipinski definition) is 2. The highest BCUT2D eigenvalue weighted by Crippen LogP contribution is 2.46. The Kier molecular flexibility index (Phi) is 2.21. The summed E-state index contributed by atoms with van der Waals surface area (Å²) in [6.45, 7) is 1.61. The molecule has 1 saturated carbocycles. The number of furan rings is 1. The van der Waals surface area contributed by atoms with Crippen LogP contribution in [-0.4, -0.2) is 23.9 Å². The second-order valence-electron chi connectivity index (χ2n) is 4.73. The van der Waals surface area contributed by atoms with Crippen LogP contribution in [0.3, 0.4) is 0 Å². The number of hydrogen-bond donors (Lipinski definition) is 0. The van der Waals surface area contributed by atoms with Gasteiger partial charge < -0.3 is 9.32 Å². The van der Waals surface area contributed by atoms with E-state index in [-0.39, 0.29) is 5.91 Å². The van der Waals surface area contributed by atoms with E-state index in [0.717, 1.165) is 17.4 Å². The summed E-state index contributed by atoms with van der Waals surface area (Å²) in [5.41, 5.74) is 2.20. The third kappa shape index (κ3) is 1.62. The topological polar surface area (TPSA) is 33.5 Å². The zero-order valence-electron chi connectivity index (χ0n) is 10.0. The standard InChI is InChI=1S/C14H15NO2/c1-9(16)15(2)13-8-12(13)11-5-3-4-10-6-7-17-14(10)11/h3-7,12-13H,8H2,1-2H3. The fourth-order valence-electron chi connectivity index (χ4n) is 2.49. The maximum atomic E-state index is 11.3. The third-order valence-electron chi connectivity index (χ3n) is 3.66. The molecule has 1 amide bonds. The largest absolute Gasteiger partial charge is 0.464 e. The highest BCUT2D eigenvalue weighted by molar-refractivity contribution is 5.82. The number of fused-ring (bicyclic) bond motifs is 1. The fourth-order valence-corrected chi connectivity index (χ4v) is 2.49. The minimum Gasteiger partial charge on any atom is -0.464 e. The molecule has 2 unspecified atom stereocenters. The Hall–Kier alpha value is -1.77. The van der Waals surface area contributed by atoms with Crippen molar-refractivity contribution >= 4 is 16.9 Å². The van der Waals surface area contributed by atoms with Gasteiger partial charge in [0, 0.05) is 36.9 Å². The van der Waals surface area contributed by atoms with Crippen molar-refractivity contribution in [2.75, 3.05) is 7.05 Å². The van der Waals surface area contributed by atoms with Crippen LogP contribution in [0.1, 0.15) is 24.8 Å². The highest BCUT2D eigenvalue weighted by atomic mass is 16.3. The average Bonchev–Trinajstić information content (AvgIpc) is 2.95. The lowest BCUT2D eigenvalue weighted by molar-refractivity contribution is -0.128. The molecule has 0 N–H and O–H groups in total. The summed E-state index contributed by atoms with van der Waals surface area (Å²) in [6, 6.07) is 8.52. The number of likely N-dealkylation sites (N-methyl/N-ethyl adjacent to an activating group) is 1. The van der Waals surface area contributed by atoms with Gasteiger partial charge in [0.2, 0.25) is 5.91 Å². The normalized spacial score (nSPS) is 22.7. The van der Waals surface area contributed by atoms with Gasteiger partial charge in [-0.05, 0) is 12.5 Å². The van der Waals surface area contributed by atoms with Gasteiger partial charge in [0.25, 0.3) is 0 Å². The summed E-state index contributed by atoms with van der Waals surface area (Å²) in [6.07, 6.45) is 2.76. The van der Waals surface area contributed by atoms with Gasteiger partial charge in [-0.2, -0.15) is 0 Å². The van der Waals surface area contributed by atoms with Crippen molar-refractivity contribution in [2.45, 2.75) is 25.3 Å². The Balaban J connectivity index is 1.92. The minimum absolute atomic E-state index is 0.129. The molecule has 88 valence electrons. The van der Waals surface area contributed by atoms with E-state index in [1.165, 1.54) is 5.56 Å². The molecule has 1 aliphatic rings. The van der Waals surface area contributed by atoms with E-state index < -0.39 is 0 Å². The second kappa shape index (κ2) is 3.62. The van der Waals surface area contributed by atoms with Crippen LogP contribution in [0.5, 0.6) is 0 Å².